The molecule has 0 aromatic heterocycles. The van der Waals surface area contributed by atoms with Gasteiger partial charge in [-0.25, -0.2) is 0 Å². The topological polar surface area (TPSA) is 64.9 Å². The van der Waals surface area contributed by atoms with E-state index in [0.717, 1.165) is 16.8 Å². The van der Waals surface area contributed by atoms with E-state index >= 15 is 0 Å². The molecule has 0 heterocycles. The second-order valence-corrected chi connectivity index (χ2v) is 5.37. The summed E-state index contributed by atoms with van der Waals surface area (Å²) in [5, 5.41) is 15.5. The van der Waals surface area contributed by atoms with Crippen LogP contribution < -0.4 is 10.6 Å². The lowest BCUT2D eigenvalue weighted by molar-refractivity contribution is -0.117. The highest BCUT2D eigenvalue weighted by Gasteiger charge is 2.08. The number of carbonyl (C=O) groups is 1. The molecule has 0 saturated carbocycles. The number of halogens is 1. The molecule has 0 atom stereocenters. The number of hydrogen-bond donors (Lipinski definition) is 2. The van der Waals surface area contributed by atoms with Gasteiger partial charge in [-0.15, -0.1) is 0 Å². The molecule has 2 N–H and O–H groups in total. The van der Waals surface area contributed by atoms with Gasteiger partial charge in [0.2, 0.25) is 0 Å². The van der Waals surface area contributed by atoms with E-state index in [2.05, 4.69) is 10.6 Å². The van der Waals surface area contributed by atoms with E-state index in [1.807, 2.05) is 49.4 Å². The SMILES string of the molecule is Cc1ccccc1N/C=C(/C#N)C(=O)NCc1ccc(Cl)cc1. The molecule has 0 radical (unpaired) electrons. The number of nitrogens with zero attached hydrogens (tertiary/aromatic N) is 1. The zero-order chi connectivity index (χ0) is 16.7. The van der Waals surface area contributed by atoms with Crippen molar-refractivity contribution < 1.29 is 4.79 Å². The average molecular weight is 326 g/mol. The second kappa shape index (κ2) is 8.02. The Morgan fingerprint density at radius 1 is 1.22 bits per heavy atom. The maximum atomic E-state index is 12.1. The van der Waals surface area contributed by atoms with Gasteiger partial charge in [0.25, 0.3) is 5.91 Å². The Morgan fingerprint density at radius 2 is 1.91 bits per heavy atom. The van der Waals surface area contributed by atoms with E-state index in [0.29, 0.717) is 11.6 Å². The summed E-state index contributed by atoms with van der Waals surface area (Å²) in [6.07, 6.45) is 1.42. The number of benzene rings is 2. The van der Waals surface area contributed by atoms with E-state index < -0.39 is 5.91 Å². The zero-order valence-electron chi connectivity index (χ0n) is 12.6. The third-order valence-corrected chi connectivity index (χ3v) is 3.50. The van der Waals surface area contributed by atoms with Crippen LogP contribution in [-0.2, 0) is 11.3 Å². The maximum absolute atomic E-state index is 12.1. The molecule has 23 heavy (non-hydrogen) atoms. The highest BCUT2D eigenvalue weighted by atomic mass is 35.5. The lowest BCUT2D eigenvalue weighted by Crippen LogP contribution is -2.24. The third kappa shape index (κ3) is 4.87. The van der Waals surface area contributed by atoms with Crippen molar-refractivity contribution in [2.24, 2.45) is 0 Å². The number of nitrogens with one attached hydrogen (secondary N) is 2. The van der Waals surface area contributed by atoms with E-state index in [4.69, 9.17) is 16.9 Å². The zero-order valence-corrected chi connectivity index (χ0v) is 13.4. The monoisotopic (exact) mass is 325 g/mol. The average Bonchev–Trinajstić information content (AvgIpc) is 2.56. The molecule has 2 rings (SSSR count). The summed E-state index contributed by atoms with van der Waals surface area (Å²) in [4.78, 5) is 12.1. The third-order valence-electron chi connectivity index (χ3n) is 3.25. The summed E-state index contributed by atoms with van der Waals surface area (Å²) in [5.74, 6) is -0.427. The number of para-hydroxylation sites is 1. The molecule has 0 bridgehead atoms. The Kier molecular flexibility index (Phi) is 5.79. The molecule has 0 fully saturated rings. The molecule has 116 valence electrons. The minimum atomic E-state index is -0.427. The Hall–Kier alpha value is -2.77. The summed E-state index contributed by atoms with van der Waals surface area (Å²) in [5.41, 5.74) is 2.81. The lowest BCUT2D eigenvalue weighted by atomic mass is 10.2. The van der Waals surface area contributed by atoms with Crippen LogP contribution in [0.15, 0.2) is 60.3 Å². The molecule has 0 aliphatic carbocycles. The second-order valence-electron chi connectivity index (χ2n) is 4.94. The number of hydrogen-bond acceptors (Lipinski definition) is 3. The molecular weight excluding hydrogens is 310 g/mol. The highest BCUT2D eigenvalue weighted by Crippen LogP contribution is 2.13. The summed E-state index contributed by atoms with van der Waals surface area (Å²) in [6, 6.07) is 16.7. The van der Waals surface area contributed by atoms with Crippen LogP contribution in [0.4, 0.5) is 5.69 Å². The minimum Gasteiger partial charge on any atom is -0.360 e. The van der Waals surface area contributed by atoms with Crippen LogP contribution in [0.1, 0.15) is 11.1 Å². The summed E-state index contributed by atoms with van der Waals surface area (Å²) in [7, 11) is 0. The summed E-state index contributed by atoms with van der Waals surface area (Å²) < 4.78 is 0. The van der Waals surface area contributed by atoms with Gasteiger partial charge >= 0.3 is 0 Å². The van der Waals surface area contributed by atoms with Crippen LogP contribution in [0.25, 0.3) is 0 Å². The van der Waals surface area contributed by atoms with Crippen molar-refractivity contribution in [3.63, 3.8) is 0 Å². The van der Waals surface area contributed by atoms with Crippen LogP contribution in [0, 0.1) is 18.3 Å². The van der Waals surface area contributed by atoms with Crippen molar-refractivity contribution in [2.75, 3.05) is 5.32 Å². The van der Waals surface area contributed by atoms with Crippen molar-refractivity contribution in [3.8, 4) is 6.07 Å². The van der Waals surface area contributed by atoms with Crippen molar-refractivity contribution in [3.05, 3.63) is 76.5 Å². The quantitative estimate of drug-likeness (QED) is 0.649. The minimum absolute atomic E-state index is 0.0159. The van der Waals surface area contributed by atoms with Crippen molar-refractivity contribution in [2.45, 2.75) is 13.5 Å². The summed E-state index contributed by atoms with van der Waals surface area (Å²) >= 11 is 5.81. The van der Waals surface area contributed by atoms with E-state index in [9.17, 15) is 4.79 Å². The Labute approximate surface area is 140 Å². The van der Waals surface area contributed by atoms with E-state index in [-0.39, 0.29) is 5.57 Å². The van der Waals surface area contributed by atoms with Gasteiger partial charge in [0, 0.05) is 23.5 Å². The van der Waals surface area contributed by atoms with Gasteiger partial charge in [0.1, 0.15) is 11.6 Å². The van der Waals surface area contributed by atoms with Crippen LogP contribution in [0.3, 0.4) is 0 Å². The molecular formula is C18H16ClN3O. The normalized spacial score (nSPS) is 10.7. The number of anilines is 1. The highest BCUT2D eigenvalue weighted by molar-refractivity contribution is 6.30. The molecule has 0 aliphatic heterocycles. The first-order valence-corrected chi connectivity index (χ1v) is 7.43. The van der Waals surface area contributed by atoms with E-state index in [1.165, 1.54) is 6.20 Å². The number of aryl methyl sites for hydroxylation is 1. The molecule has 0 saturated heterocycles. The predicted octanol–water partition coefficient (Wildman–Crippen LogP) is 3.78. The van der Waals surface area contributed by atoms with Gasteiger partial charge < -0.3 is 10.6 Å². The first-order valence-electron chi connectivity index (χ1n) is 7.05. The number of carbonyl (C=O) groups excluding carboxylic acids is 1. The molecule has 0 aliphatic rings. The van der Waals surface area contributed by atoms with Crippen molar-refractivity contribution in [1.82, 2.24) is 5.32 Å². The molecule has 0 unspecified atom stereocenters. The Bertz CT molecular complexity index is 761. The van der Waals surface area contributed by atoms with Gasteiger partial charge in [-0.3, -0.25) is 4.79 Å². The van der Waals surface area contributed by atoms with E-state index in [1.54, 1.807) is 12.1 Å². The maximum Gasteiger partial charge on any atom is 0.263 e. The Balaban J connectivity index is 1.98. The first-order chi connectivity index (χ1) is 11.1. The smallest absolute Gasteiger partial charge is 0.263 e. The van der Waals surface area contributed by atoms with Gasteiger partial charge in [-0.1, -0.05) is 41.9 Å². The predicted molar refractivity (Wildman–Crippen MR) is 91.8 cm³/mol. The van der Waals surface area contributed by atoms with Crippen LogP contribution in [0.2, 0.25) is 5.02 Å². The van der Waals surface area contributed by atoms with Gasteiger partial charge in [-0.2, -0.15) is 5.26 Å². The first kappa shape index (κ1) is 16.6. The summed E-state index contributed by atoms with van der Waals surface area (Å²) in [6.45, 7) is 2.28. The van der Waals surface area contributed by atoms with Crippen LogP contribution >= 0.6 is 11.6 Å². The fraction of sp³-hybridized carbons (Fsp3) is 0.111. The van der Waals surface area contributed by atoms with Crippen LogP contribution in [0.5, 0.6) is 0 Å². The molecule has 4 nitrogen and oxygen atoms in total. The molecule has 2 aromatic carbocycles. The van der Waals surface area contributed by atoms with Crippen LogP contribution in [-0.4, -0.2) is 5.91 Å². The fourth-order valence-corrected chi connectivity index (χ4v) is 2.04. The van der Waals surface area contributed by atoms with Gasteiger partial charge in [0.15, 0.2) is 0 Å². The molecule has 2 aromatic rings. The number of nitriles is 1. The fourth-order valence-electron chi connectivity index (χ4n) is 1.91. The number of rotatable bonds is 5. The lowest BCUT2D eigenvalue weighted by Gasteiger charge is -2.07. The van der Waals surface area contributed by atoms with Gasteiger partial charge in [0.05, 0.1) is 0 Å². The largest absolute Gasteiger partial charge is 0.360 e. The Morgan fingerprint density at radius 3 is 2.57 bits per heavy atom. The van der Waals surface area contributed by atoms with Crippen molar-refractivity contribution >= 4 is 23.2 Å². The molecule has 1 amide bonds. The molecule has 5 heteroatoms. The molecule has 0 spiro atoms. The number of amides is 1. The van der Waals surface area contributed by atoms with Crippen molar-refractivity contribution in [1.29, 1.82) is 5.26 Å². The van der Waals surface area contributed by atoms with Gasteiger partial charge in [-0.05, 0) is 36.2 Å². The standard InChI is InChI=1S/C18H16ClN3O/c1-13-4-2-3-5-17(13)21-12-15(10-20)18(23)22-11-14-6-8-16(19)9-7-14/h2-9,12,21H,11H2,1H3,(H,22,23)/b15-12-.